The lowest BCUT2D eigenvalue weighted by Crippen LogP contribution is -2.36. The number of hydrogen-bond acceptors (Lipinski definition) is 5. The molecule has 1 aliphatic rings. The monoisotopic (exact) mass is 416 g/mol. The van der Waals surface area contributed by atoms with E-state index >= 15 is 0 Å². The van der Waals surface area contributed by atoms with Crippen LogP contribution in [0.5, 0.6) is 5.75 Å². The van der Waals surface area contributed by atoms with Crippen LogP contribution in [0.4, 0.5) is 5.69 Å². The van der Waals surface area contributed by atoms with Gasteiger partial charge in [0.1, 0.15) is 12.0 Å². The van der Waals surface area contributed by atoms with Crippen molar-refractivity contribution in [3.05, 3.63) is 53.6 Å². The van der Waals surface area contributed by atoms with Gasteiger partial charge in [-0.1, -0.05) is 12.5 Å². The lowest BCUT2D eigenvalue weighted by Gasteiger charge is -2.26. The normalized spacial score (nSPS) is 14.9. The Labute approximate surface area is 170 Å². The molecular formula is C21H24N2O5S. The molecule has 1 saturated heterocycles. The van der Waals surface area contributed by atoms with Crippen LogP contribution < -0.4 is 10.1 Å². The number of rotatable bonds is 7. The number of ether oxygens (including phenoxy) is 1. The Bertz CT molecular complexity index is 981. The third-order valence-corrected chi connectivity index (χ3v) is 6.83. The number of piperidine rings is 1. The summed E-state index contributed by atoms with van der Waals surface area (Å²) in [5.41, 5.74) is 1.56. The molecule has 29 heavy (non-hydrogen) atoms. The molecule has 3 rings (SSSR count). The summed E-state index contributed by atoms with van der Waals surface area (Å²) in [6.07, 6.45) is 3.49. The van der Waals surface area contributed by atoms with Crippen molar-refractivity contribution in [3.8, 4) is 5.75 Å². The van der Waals surface area contributed by atoms with E-state index in [1.54, 1.807) is 43.3 Å². The zero-order chi connectivity index (χ0) is 20.9. The number of carbonyl (C=O) groups excluding carboxylic acids is 2. The first-order valence-corrected chi connectivity index (χ1v) is 10.9. The number of aryl methyl sites for hydroxylation is 1. The highest BCUT2D eigenvalue weighted by Gasteiger charge is 2.27. The van der Waals surface area contributed by atoms with Crippen LogP contribution in [-0.2, 0) is 14.8 Å². The molecule has 0 radical (unpaired) electrons. The van der Waals surface area contributed by atoms with Gasteiger partial charge in [-0.25, -0.2) is 8.42 Å². The number of nitrogens with one attached hydrogen (secondary N) is 1. The summed E-state index contributed by atoms with van der Waals surface area (Å²) in [5, 5.41) is 2.67. The first-order chi connectivity index (χ1) is 13.9. The Morgan fingerprint density at radius 2 is 1.79 bits per heavy atom. The number of amides is 1. The molecule has 0 bridgehead atoms. The van der Waals surface area contributed by atoms with Crippen molar-refractivity contribution < 1.29 is 22.7 Å². The fourth-order valence-electron chi connectivity index (χ4n) is 3.19. The summed E-state index contributed by atoms with van der Waals surface area (Å²) >= 11 is 0. The van der Waals surface area contributed by atoms with E-state index in [-0.39, 0.29) is 11.5 Å². The van der Waals surface area contributed by atoms with Gasteiger partial charge >= 0.3 is 0 Å². The second kappa shape index (κ2) is 9.19. The molecule has 1 aliphatic heterocycles. The van der Waals surface area contributed by atoms with Crippen molar-refractivity contribution in [3.63, 3.8) is 0 Å². The van der Waals surface area contributed by atoms with Gasteiger partial charge in [0.05, 0.1) is 4.90 Å². The van der Waals surface area contributed by atoms with Gasteiger partial charge in [0, 0.05) is 24.3 Å². The molecule has 0 unspecified atom stereocenters. The molecule has 0 aliphatic carbocycles. The molecule has 1 heterocycles. The van der Waals surface area contributed by atoms with Crippen molar-refractivity contribution >= 4 is 27.9 Å². The largest absolute Gasteiger partial charge is 0.484 e. The molecule has 0 saturated carbocycles. The van der Waals surface area contributed by atoms with E-state index in [4.69, 9.17) is 4.74 Å². The Hall–Kier alpha value is -2.71. The lowest BCUT2D eigenvalue weighted by molar-refractivity contribution is -0.118. The van der Waals surface area contributed by atoms with Crippen LogP contribution in [0.1, 0.15) is 35.2 Å². The average Bonchev–Trinajstić information content (AvgIpc) is 2.74. The van der Waals surface area contributed by atoms with Crippen LogP contribution in [0.2, 0.25) is 0 Å². The van der Waals surface area contributed by atoms with Crippen LogP contribution >= 0.6 is 0 Å². The smallest absolute Gasteiger partial charge is 0.262 e. The summed E-state index contributed by atoms with van der Waals surface area (Å²) in [7, 11) is -3.59. The quantitative estimate of drug-likeness (QED) is 0.701. The molecule has 1 amide bonds. The minimum Gasteiger partial charge on any atom is -0.484 e. The molecule has 8 heteroatoms. The van der Waals surface area contributed by atoms with E-state index in [9.17, 15) is 18.0 Å². The summed E-state index contributed by atoms with van der Waals surface area (Å²) in [6.45, 7) is 2.56. The fraction of sp³-hybridized carbons (Fsp3) is 0.333. The molecule has 1 fully saturated rings. The van der Waals surface area contributed by atoms with Crippen molar-refractivity contribution in [2.45, 2.75) is 31.1 Å². The second-order valence-electron chi connectivity index (χ2n) is 6.97. The summed E-state index contributed by atoms with van der Waals surface area (Å²) in [6, 6.07) is 11.2. The molecule has 1 N–H and O–H groups in total. The van der Waals surface area contributed by atoms with Gasteiger partial charge in [-0.3, -0.25) is 9.59 Å². The number of anilines is 1. The third-order valence-electron chi connectivity index (χ3n) is 4.79. The van der Waals surface area contributed by atoms with E-state index in [0.717, 1.165) is 25.5 Å². The minimum atomic E-state index is -3.59. The van der Waals surface area contributed by atoms with Crippen molar-refractivity contribution in [2.75, 3.05) is 25.0 Å². The van der Waals surface area contributed by atoms with Gasteiger partial charge in [-0.15, -0.1) is 0 Å². The van der Waals surface area contributed by atoms with Crippen LogP contribution in [0.25, 0.3) is 0 Å². The second-order valence-corrected chi connectivity index (χ2v) is 8.88. The molecule has 154 valence electrons. The van der Waals surface area contributed by atoms with Gasteiger partial charge in [-0.2, -0.15) is 4.31 Å². The highest BCUT2D eigenvalue weighted by Crippen LogP contribution is 2.26. The maximum atomic E-state index is 13.0. The topological polar surface area (TPSA) is 92.8 Å². The van der Waals surface area contributed by atoms with E-state index in [0.29, 0.717) is 35.7 Å². The summed E-state index contributed by atoms with van der Waals surface area (Å²) in [4.78, 5) is 23.1. The first-order valence-electron chi connectivity index (χ1n) is 9.49. The predicted molar refractivity (Wildman–Crippen MR) is 110 cm³/mol. The lowest BCUT2D eigenvalue weighted by atomic mass is 10.2. The van der Waals surface area contributed by atoms with Crippen molar-refractivity contribution in [1.82, 2.24) is 4.31 Å². The maximum absolute atomic E-state index is 13.0. The van der Waals surface area contributed by atoms with Gasteiger partial charge in [0.2, 0.25) is 10.0 Å². The number of benzene rings is 2. The Balaban J connectivity index is 1.67. The predicted octanol–water partition coefficient (Wildman–Crippen LogP) is 3.00. The average molecular weight is 416 g/mol. The number of carbonyl (C=O) groups is 2. The van der Waals surface area contributed by atoms with Crippen LogP contribution in [0.15, 0.2) is 47.4 Å². The van der Waals surface area contributed by atoms with Gasteiger partial charge in [0.15, 0.2) is 6.61 Å². The minimum absolute atomic E-state index is 0.211. The molecular weight excluding hydrogens is 392 g/mol. The molecule has 0 atom stereocenters. The van der Waals surface area contributed by atoms with E-state index in [1.165, 1.54) is 10.4 Å². The molecule has 7 nitrogen and oxygen atoms in total. The van der Waals surface area contributed by atoms with Gasteiger partial charge in [-0.05, 0) is 61.7 Å². The van der Waals surface area contributed by atoms with E-state index in [1.807, 2.05) is 0 Å². The first kappa shape index (κ1) is 21.0. The van der Waals surface area contributed by atoms with E-state index < -0.39 is 15.9 Å². The van der Waals surface area contributed by atoms with Crippen LogP contribution in [0, 0.1) is 6.92 Å². The zero-order valence-corrected chi connectivity index (χ0v) is 17.1. The van der Waals surface area contributed by atoms with Gasteiger partial charge < -0.3 is 10.1 Å². The molecule has 2 aromatic rings. The standard InChI is InChI=1S/C21H24N2O5S/c1-16-5-8-18(13-20(16)29(26,27)23-11-3-2-4-12-23)22-21(25)15-28-19-9-6-17(14-24)7-10-19/h5-10,13-14H,2-4,11-12,15H2,1H3,(H,22,25). The molecule has 2 aromatic carbocycles. The number of hydrogen-bond donors (Lipinski definition) is 1. The highest BCUT2D eigenvalue weighted by atomic mass is 32.2. The molecule has 0 spiro atoms. The van der Waals surface area contributed by atoms with E-state index in [2.05, 4.69) is 5.32 Å². The third kappa shape index (κ3) is 5.21. The Kier molecular flexibility index (Phi) is 6.66. The summed E-state index contributed by atoms with van der Waals surface area (Å²) in [5.74, 6) is 0.0534. The Morgan fingerprint density at radius 1 is 1.10 bits per heavy atom. The fourth-order valence-corrected chi connectivity index (χ4v) is 4.96. The number of nitrogens with zero attached hydrogens (tertiary/aromatic N) is 1. The van der Waals surface area contributed by atoms with Crippen molar-refractivity contribution in [1.29, 1.82) is 0 Å². The number of aldehydes is 1. The van der Waals surface area contributed by atoms with Gasteiger partial charge in [0.25, 0.3) is 5.91 Å². The maximum Gasteiger partial charge on any atom is 0.262 e. The zero-order valence-electron chi connectivity index (χ0n) is 16.3. The SMILES string of the molecule is Cc1ccc(NC(=O)COc2ccc(C=O)cc2)cc1S(=O)(=O)N1CCCCC1. The highest BCUT2D eigenvalue weighted by molar-refractivity contribution is 7.89. The number of sulfonamides is 1. The Morgan fingerprint density at radius 3 is 2.45 bits per heavy atom. The van der Waals surface area contributed by atoms with Crippen LogP contribution in [0.3, 0.4) is 0 Å². The van der Waals surface area contributed by atoms with Crippen LogP contribution in [-0.4, -0.2) is 44.6 Å². The van der Waals surface area contributed by atoms with Crippen molar-refractivity contribution in [2.24, 2.45) is 0 Å². The summed E-state index contributed by atoms with van der Waals surface area (Å²) < 4.78 is 32.9. The molecule has 0 aromatic heterocycles.